The molecule has 1 aliphatic rings. The van der Waals surface area contributed by atoms with Crippen molar-refractivity contribution in [2.45, 2.75) is 20.3 Å². The van der Waals surface area contributed by atoms with Gasteiger partial charge in [0.05, 0.1) is 6.20 Å². The Bertz CT molecular complexity index is 575. The second-order valence-corrected chi connectivity index (χ2v) is 4.54. The Labute approximate surface area is 113 Å². The van der Waals surface area contributed by atoms with Gasteiger partial charge < -0.3 is 4.90 Å². The lowest BCUT2D eigenvalue weighted by atomic mass is 10.0. The van der Waals surface area contributed by atoms with Gasteiger partial charge in [-0.1, -0.05) is 13.8 Å². The van der Waals surface area contributed by atoms with Crippen molar-refractivity contribution in [2.24, 2.45) is 7.05 Å². The lowest BCUT2D eigenvalue weighted by Gasteiger charge is -2.13. The molecule has 2 aromatic rings. The van der Waals surface area contributed by atoms with E-state index in [1.807, 2.05) is 40.2 Å². The average Bonchev–Trinajstić information content (AvgIpc) is 2.98. The van der Waals surface area contributed by atoms with Crippen LogP contribution in [0.25, 0.3) is 11.1 Å². The van der Waals surface area contributed by atoms with Gasteiger partial charge in [0.1, 0.15) is 5.82 Å². The van der Waals surface area contributed by atoms with Crippen molar-refractivity contribution in [3.8, 4) is 11.1 Å². The predicted molar refractivity (Wildman–Crippen MR) is 76.9 cm³/mol. The van der Waals surface area contributed by atoms with Gasteiger partial charge in [0.2, 0.25) is 0 Å². The maximum atomic E-state index is 14.0. The highest BCUT2D eigenvalue weighted by atomic mass is 19.1. The minimum atomic E-state index is -0.160. The van der Waals surface area contributed by atoms with Crippen LogP contribution in [0.2, 0.25) is 0 Å². The molecule has 19 heavy (non-hydrogen) atoms. The van der Waals surface area contributed by atoms with Crippen LogP contribution in [0.1, 0.15) is 19.4 Å². The maximum Gasteiger partial charge on any atom is 0.131 e. The van der Waals surface area contributed by atoms with Crippen molar-refractivity contribution in [1.29, 1.82) is 0 Å². The van der Waals surface area contributed by atoms with Crippen molar-refractivity contribution >= 4 is 5.69 Å². The highest BCUT2D eigenvalue weighted by molar-refractivity contribution is 5.71. The molecule has 102 valence electrons. The molecule has 1 aromatic heterocycles. The molecule has 0 bridgehead atoms. The second kappa shape index (κ2) is 5.43. The standard InChI is InChI=1S/C13H14FN3.C2H6/c1-16-4-3-9-5-12(14)11(6-13(9)16)10-7-15-17(2)8-10;1-2/h5-8H,3-4H2,1-2H3;1-2H3. The number of halogens is 1. The summed E-state index contributed by atoms with van der Waals surface area (Å²) in [5.41, 5.74) is 3.68. The third kappa shape index (κ3) is 2.48. The minimum Gasteiger partial charge on any atom is -0.374 e. The fourth-order valence-electron chi connectivity index (χ4n) is 2.35. The number of anilines is 1. The highest BCUT2D eigenvalue weighted by Crippen LogP contribution is 2.33. The smallest absolute Gasteiger partial charge is 0.131 e. The van der Waals surface area contributed by atoms with E-state index in [9.17, 15) is 4.39 Å². The van der Waals surface area contributed by atoms with Crippen LogP contribution < -0.4 is 4.90 Å². The number of likely N-dealkylation sites (N-methyl/N-ethyl adjacent to an activating group) is 1. The van der Waals surface area contributed by atoms with Crippen molar-refractivity contribution in [3.05, 3.63) is 35.9 Å². The molecular formula is C15H20FN3. The van der Waals surface area contributed by atoms with Gasteiger partial charge in [-0.25, -0.2) is 4.39 Å². The van der Waals surface area contributed by atoms with Crippen molar-refractivity contribution in [2.75, 3.05) is 18.5 Å². The van der Waals surface area contributed by atoms with Gasteiger partial charge in [-0.15, -0.1) is 0 Å². The molecule has 0 fully saturated rings. The van der Waals surface area contributed by atoms with E-state index in [1.54, 1.807) is 16.9 Å². The van der Waals surface area contributed by atoms with E-state index >= 15 is 0 Å². The molecule has 0 unspecified atom stereocenters. The Kier molecular flexibility index (Phi) is 3.88. The van der Waals surface area contributed by atoms with E-state index in [-0.39, 0.29) is 5.82 Å². The molecule has 1 aromatic carbocycles. The van der Waals surface area contributed by atoms with Gasteiger partial charge in [0.25, 0.3) is 0 Å². The fourth-order valence-corrected chi connectivity index (χ4v) is 2.35. The van der Waals surface area contributed by atoms with Crippen molar-refractivity contribution in [3.63, 3.8) is 0 Å². The lowest BCUT2D eigenvalue weighted by Crippen LogP contribution is -2.12. The molecule has 0 aliphatic carbocycles. The summed E-state index contributed by atoms with van der Waals surface area (Å²) >= 11 is 0. The van der Waals surface area contributed by atoms with Gasteiger partial charge >= 0.3 is 0 Å². The van der Waals surface area contributed by atoms with E-state index < -0.39 is 0 Å². The number of nitrogens with zero attached hydrogens (tertiary/aromatic N) is 3. The summed E-state index contributed by atoms with van der Waals surface area (Å²) < 4.78 is 15.7. The summed E-state index contributed by atoms with van der Waals surface area (Å²) in [6.45, 7) is 4.96. The quantitative estimate of drug-likeness (QED) is 0.785. The average molecular weight is 261 g/mol. The Morgan fingerprint density at radius 1 is 1.21 bits per heavy atom. The Hall–Kier alpha value is -1.84. The number of hydrogen-bond donors (Lipinski definition) is 0. The Morgan fingerprint density at radius 2 is 1.95 bits per heavy atom. The topological polar surface area (TPSA) is 21.1 Å². The van der Waals surface area contributed by atoms with Crippen LogP contribution in [0.4, 0.5) is 10.1 Å². The van der Waals surface area contributed by atoms with E-state index in [0.29, 0.717) is 5.56 Å². The molecule has 1 aliphatic heterocycles. The highest BCUT2D eigenvalue weighted by Gasteiger charge is 2.19. The number of aromatic nitrogens is 2. The fraction of sp³-hybridized carbons (Fsp3) is 0.400. The first kappa shape index (κ1) is 13.6. The molecular weight excluding hydrogens is 241 g/mol. The van der Waals surface area contributed by atoms with E-state index in [4.69, 9.17) is 0 Å². The monoisotopic (exact) mass is 261 g/mol. The predicted octanol–water partition coefficient (Wildman–Crippen LogP) is 3.24. The third-order valence-corrected chi connectivity index (χ3v) is 3.31. The van der Waals surface area contributed by atoms with Gasteiger partial charge in [-0.3, -0.25) is 4.68 Å². The summed E-state index contributed by atoms with van der Waals surface area (Å²) in [7, 11) is 3.87. The van der Waals surface area contributed by atoms with Gasteiger partial charge in [-0.2, -0.15) is 5.10 Å². The molecule has 3 rings (SSSR count). The summed E-state index contributed by atoms with van der Waals surface area (Å²) in [6, 6.07) is 3.58. The molecule has 2 heterocycles. The van der Waals surface area contributed by atoms with Crippen LogP contribution in [-0.2, 0) is 13.5 Å². The zero-order chi connectivity index (χ0) is 14.0. The van der Waals surface area contributed by atoms with Gasteiger partial charge in [0, 0.05) is 43.7 Å². The first-order chi connectivity index (χ1) is 9.15. The third-order valence-electron chi connectivity index (χ3n) is 3.31. The SMILES string of the molecule is CC.CN1CCc2cc(F)c(-c3cnn(C)c3)cc21. The molecule has 0 amide bonds. The summed E-state index contributed by atoms with van der Waals surface area (Å²) in [5, 5.41) is 4.08. The Balaban J connectivity index is 0.000000637. The first-order valence-corrected chi connectivity index (χ1v) is 6.68. The zero-order valence-corrected chi connectivity index (χ0v) is 11.9. The van der Waals surface area contributed by atoms with Crippen LogP contribution >= 0.6 is 0 Å². The van der Waals surface area contributed by atoms with E-state index in [0.717, 1.165) is 29.8 Å². The molecule has 3 nitrogen and oxygen atoms in total. The largest absolute Gasteiger partial charge is 0.374 e. The summed E-state index contributed by atoms with van der Waals surface area (Å²) in [5.74, 6) is -0.160. The molecule has 0 radical (unpaired) electrons. The van der Waals surface area contributed by atoms with Crippen LogP contribution in [0.5, 0.6) is 0 Å². The normalized spacial score (nSPS) is 13.0. The lowest BCUT2D eigenvalue weighted by molar-refractivity contribution is 0.630. The summed E-state index contributed by atoms with van der Waals surface area (Å²) in [4.78, 5) is 2.16. The van der Waals surface area contributed by atoms with Crippen LogP contribution in [0.3, 0.4) is 0 Å². The molecule has 4 heteroatoms. The van der Waals surface area contributed by atoms with Crippen molar-refractivity contribution < 1.29 is 4.39 Å². The van der Waals surface area contributed by atoms with E-state index in [2.05, 4.69) is 10.00 Å². The molecule has 0 N–H and O–H groups in total. The molecule has 0 spiro atoms. The number of fused-ring (bicyclic) bond motifs is 1. The van der Waals surface area contributed by atoms with Gasteiger partial charge in [0.15, 0.2) is 0 Å². The van der Waals surface area contributed by atoms with E-state index in [1.165, 1.54) is 0 Å². The number of benzene rings is 1. The Morgan fingerprint density at radius 3 is 2.58 bits per heavy atom. The number of rotatable bonds is 1. The molecule has 0 atom stereocenters. The number of aryl methyl sites for hydroxylation is 1. The maximum absolute atomic E-state index is 14.0. The van der Waals surface area contributed by atoms with Crippen LogP contribution in [0.15, 0.2) is 24.5 Å². The second-order valence-electron chi connectivity index (χ2n) is 4.54. The van der Waals surface area contributed by atoms with Crippen molar-refractivity contribution in [1.82, 2.24) is 9.78 Å². The number of hydrogen-bond acceptors (Lipinski definition) is 2. The first-order valence-electron chi connectivity index (χ1n) is 6.68. The van der Waals surface area contributed by atoms with Crippen LogP contribution in [-0.4, -0.2) is 23.4 Å². The molecule has 0 saturated heterocycles. The zero-order valence-electron chi connectivity index (χ0n) is 11.9. The van der Waals surface area contributed by atoms with Gasteiger partial charge in [-0.05, 0) is 24.1 Å². The summed E-state index contributed by atoms with van der Waals surface area (Å²) in [6.07, 6.45) is 4.45. The van der Waals surface area contributed by atoms with Crippen LogP contribution in [0, 0.1) is 5.82 Å². The molecule has 0 saturated carbocycles. The minimum absolute atomic E-state index is 0.160.